The monoisotopic (exact) mass is 317 g/mol. The van der Waals surface area contributed by atoms with Crippen LogP contribution in [-0.4, -0.2) is 20.3 Å². The Balaban J connectivity index is 1.58. The van der Waals surface area contributed by atoms with Crippen molar-refractivity contribution in [2.75, 3.05) is 0 Å². The minimum absolute atomic E-state index is 0.169. The largest absolute Gasteiger partial charge is 0.385 e. The molecule has 0 fully saturated rings. The molecule has 0 aliphatic rings. The Morgan fingerprint density at radius 2 is 2.00 bits per heavy atom. The van der Waals surface area contributed by atoms with Crippen LogP contribution in [0.3, 0.4) is 0 Å². The van der Waals surface area contributed by atoms with Crippen LogP contribution in [0.1, 0.15) is 33.7 Å². The van der Waals surface area contributed by atoms with Crippen LogP contribution < -0.4 is 0 Å². The van der Waals surface area contributed by atoms with Gasteiger partial charge < -0.3 is 5.11 Å². The summed E-state index contributed by atoms with van der Waals surface area (Å²) in [6.07, 6.45) is 2.70. The maximum atomic E-state index is 13.6. The van der Waals surface area contributed by atoms with Crippen LogP contribution in [0.4, 0.5) is 4.39 Å². The van der Waals surface area contributed by atoms with E-state index in [2.05, 4.69) is 15.2 Å². The van der Waals surface area contributed by atoms with E-state index in [0.717, 1.165) is 11.3 Å². The summed E-state index contributed by atoms with van der Waals surface area (Å²) in [5, 5.41) is 16.4. The third-order valence-electron chi connectivity index (χ3n) is 3.44. The smallest absolute Gasteiger partial charge is 0.178 e. The van der Waals surface area contributed by atoms with E-state index in [1.165, 1.54) is 17.3 Å². The number of aromatic nitrogens is 3. The van der Waals surface area contributed by atoms with Gasteiger partial charge in [0.05, 0.1) is 0 Å². The first-order valence-electron chi connectivity index (χ1n) is 7.07. The lowest BCUT2D eigenvalue weighted by Gasteiger charge is -2.04. The van der Waals surface area contributed by atoms with Gasteiger partial charge in [-0.25, -0.2) is 9.37 Å². The van der Waals surface area contributed by atoms with Gasteiger partial charge >= 0.3 is 0 Å². The third-order valence-corrected chi connectivity index (χ3v) is 4.58. The molecule has 0 saturated heterocycles. The topological polar surface area (TPSA) is 61.8 Å². The van der Waals surface area contributed by atoms with Gasteiger partial charge in [-0.1, -0.05) is 18.2 Å². The van der Waals surface area contributed by atoms with Crippen molar-refractivity contribution in [1.82, 2.24) is 15.2 Å². The number of thiophene rings is 1. The normalized spacial score (nSPS) is 12.5. The summed E-state index contributed by atoms with van der Waals surface area (Å²) in [4.78, 5) is 6.23. The summed E-state index contributed by atoms with van der Waals surface area (Å²) in [6.45, 7) is 0. The Labute approximate surface area is 131 Å². The lowest BCUT2D eigenvalue weighted by molar-refractivity contribution is 0.158. The fraction of sp³-hybridized carbons (Fsp3) is 0.250. The van der Waals surface area contributed by atoms with E-state index in [9.17, 15) is 9.50 Å². The van der Waals surface area contributed by atoms with Gasteiger partial charge in [0.2, 0.25) is 0 Å². The molecule has 1 atom stereocenters. The minimum Gasteiger partial charge on any atom is -0.385 e. The zero-order valence-electron chi connectivity index (χ0n) is 11.9. The summed E-state index contributed by atoms with van der Waals surface area (Å²) in [6, 6.07) is 10.9. The van der Waals surface area contributed by atoms with Gasteiger partial charge in [0.1, 0.15) is 18.2 Å². The molecule has 114 valence electrons. The van der Waals surface area contributed by atoms with Gasteiger partial charge in [-0.2, -0.15) is 5.10 Å². The first kappa shape index (κ1) is 14.9. The molecule has 2 N–H and O–H groups in total. The number of hydrogen-bond acceptors (Lipinski definition) is 4. The molecule has 2 aromatic heterocycles. The van der Waals surface area contributed by atoms with Gasteiger partial charge in [0.25, 0.3) is 0 Å². The number of benzene rings is 1. The lowest BCUT2D eigenvalue weighted by atomic mass is 10.1. The number of aliphatic hydroxyl groups excluding tert-OH is 1. The fourth-order valence-electron chi connectivity index (χ4n) is 2.27. The average molecular weight is 317 g/mol. The molecule has 22 heavy (non-hydrogen) atoms. The molecule has 6 heteroatoms. The van der Waals surface area contributed by atoms with Crippen molar-refractivity contribution in [3.05, 3.63) is 69.7 Å². The first-order valence-corrected chi connectivity index (χ1v) is 7.89. The molecule has 0 bridgehead atoms. The molecular weight excluding hydrogens is 301 g/mol. The molecule has 0 radical (unpaired) electrons. The summed E-state index contributed by atoms with van der Waals surface area (Å²) in [5.41, 5.74) is 0.705. The standard InChI is InChI=1S/C16H16FN3OS/c17-14-4-2-1-3-11(14)9-13-6-5-12(22-13)7-8-15(21)16-18-10-19-20-16/h1-6,10,15,21H,7-9H2,(H,18,19,20). The Hall–Kier alpha value is -2.05. The number of hydrogen-bond donors (Lipinski definition) is 2. The number of H-pyrrole nitrogens is 1. The molecule has 0 aliphatic carbocycles. The van der Waals surface area contributed by atoms with Crippen LogP contribution in [0, 0.1) is 5.82 Å². The average Bonchev–Trinajstić information content (AvgIpc) is 3.19. The third kappa shape index (κ3) is 3.58. The second kappa shape index (κ2) is 6.81. The van der Waals surface area contributed by atoms with Crippen molar-refractivity contribution >= 4 is 11.3 Å². The van der Waals surface area contributed by atoms with E-state index in [4.69, 9.17) is 0 Å². The second-order valence-electron chi connectivity index (χ2n) is 5.05. The predicted molar refractivity (Wildman–Crippen MR) is 83.2 cm³/mol. The summed E-state index contributed by atoms with van der Waals surface area (Å²) in [7, 11) is 0. The number of aliphatic hydroxyl groups is 1. The molecule has 1 unspecified atom stereocenters. The number of aryl methyl sites for hydroxylation is 1. The highest BCUT2D eigenvalue weighted by atomic mass is 32.1. The lowest BCUT2D eigenvalue weighted by Crippen LogP contribution is -2.01. The number of rotatable bonds is 6. The minimum atomic E-state index is -0.664. The van der Waals surface area contributed by atoms with Crippen molar-refractivity contribution in [3.63, 3.8) is 0 Å². The number of halogens is 1. The first-order chi connectivity index (χ1) is 10.7. The van der Waals surface area contributed by atoms with Gasteiger partial charge in [-0.3, -0.25) is 5.10 Å². The highest BCUT2D eigenvalue weighted by Gasteiger charge is 2.12. The van der Waals surface area contributed by atoms with E-state index in [1.54, 1.807) is 17.4 Å². The Kier molecular flexibility index (Phi) is 4.60. The van der Waals surface area contributed by atoms with E-state index < -0.39 is 6.10 Å². The molecule has 4 nitrogen and oxygen atoms in total. The molecular formula is C16H16FN3OS. The number of nitrogens with zero attached hydrogens (tertiary/aromatic N) is 2. The quantitative estimate of drug-likeness (QED) is 0.733. The van der Waals surface area contributed by atoms with Gasteiger partial charge in [0.15, 0.2) is 5.82 Å². The van der Waals surface area contributed by atoms with Crippen LogP contribution >= 0.6 is 11.3 Å². The van der Waals surface area contributed by atoms with Gasteiger partial charge in [0, 0.05) is 16.2 Å². The van der Waals surface area contributed by atoms with E-state index >= 15 is 0 Å². The van der Waals surface area contributed by atoms with Crippen LogP contribution in [0.5, 0.6) is 0 Å². The van der Waals surface area contributed by atoms with Crippen LogP contribution in [-0.2, 0) is 12.8 Å². The van der Waals surface area contributed by atoms with Crippen molar-refractivity contribution in [1.29, 1.82) is 0 Å². The Morgan fingerprint density at radius 1 is 1.18 bits per heavy atom. The number of aromatic amines is 1. The van der Waals surface area contributed by atoms with Crippen molar-refractivity contribution in [3.8, 4) is 0 Å². The molecule has 0 amide bonds. The Bertz CT molecular complexity index is 727. The van der Waals surface area contributed by atoms with Crippen LogP contribution in [0.15, 0.2) is 42.7 Å². The zero-order chi connectivity index (χ0) is 15.4. The van der Waals surface area contributed by atoms with Crippen molar-refractivity contribution in [2.24, 2.45) is 0 Å². The SMILES string of the molecule is OC(CCc1ccc(Cc2ccccc2F)s1)c1nc[nH]n1. The molecule has 0 spiro atoms. The van der Waals surface area contributed by atoms with E-state index in [0.29, 0.717) is 24.2 Å². The molecule has 3 aromatic rings. The molecule has 2 heterocycles. The molecule has 0 saturated carbocycles. The van der Waals surface area contributed by atoms with Gasteiger partial charge in [-0.15, -0.1) is 11.3 Å². The summed E-state index contributed by atoms with van der Waals surface area (Å²) in [5.74, 6) is 0.251. The highest BCUT2D eigenvalue weighted by Crippen LogP contribution is 2.24. The van der Waals surface area contributed by atoms with Crippen LogP contribution in [0.2, 0.25) is 0 Å². The Morgan fingerprint density at radius 3 is 2.77 bits per heavy atom. The maximum absolute atomic E-state index is 13.6. The zero-order valence-corrected chi connectivity index (χ0v) is 12.7. The maximum Gasteiger partial charge on any atom is 0.178 e. The summed E-state index contributed by atoms with van der Waals surface area (Å²) >= 11 is 1.65. The molecule has 0 aliphatic heterocycles. The van der Waals surface area contributed by atoms with E-state index in [-0.39, 0.29) is 5.82 Å². The van der Waals surface area contributed by atoms with Crippen LogP contribution in [0.25, 0.3) is 0 Å². The molecule has 3 rings (SSSR count). The second-order valence-corrected chi connectivity index (χ2v) is 6.30. The highest BCUT2D eigenvalue weighted by molar-refractivity contribution is 7.12. The van der Waals surface area contributed by atoms with E-state index in [1.807, 2.05) is 24.3 Å². The summed E-state index contributed by atoms with van der Waals surface area (Å²) < 4.78 is 13.6. The molecule has 1 aromatic carbocycles. The van der Waals surface area contributed by atoms with Crippen molar-refractivity contribution in [2.45, 2.75) is 25.4 Å². The predicted octanol–water partition coefficient (Wildman–Crippen LogP) is 3.26. The fourth-order valence-corrected chi connectivity index (χ4v) is 3.33. The number of nitrogens with one attached hydrogen (secondary N) is 1. The van der Waals surface area contributed by atoms with Gasteiger partial charge in [-0.05, 0) is 36.6 Å². The van der Waals surface area contributed by atoms with Crippen molar-refractivity contribution < 1.29 is 9.50 Å².